The fourth-order valence-electron chi connectivity index (χ4n) is 1.10. The van der Waals surface area contributed by atoms with E-state index in [0.29, 0.717) is 0 Å². The molecule has 2 nitrogen and oxygen atoms in total. The molecule has 0 N–H and O–H groups in total. The van der Waals surface area contributed by atoms with Gasteiger partial charge in [0.15, 0.2) is 0 Å². The third kappa shape index (κ3) is 2.82. The van der Waals surface area contributed by atoms with Crippen molar-refractivity contribution in [3.63, 3.8) is 0 Å². The maximum absolute atomic E-state index is 4.25. The summed E-state index contributed by atoms with van der Waals surface area (Å²) in [5, 5.41) is 0. The van der Waals surface area contributed by atoms with Crippen molar-refractivity contribution in [1.29, 1.82) is 0 Å². The SMILES string of the molecule is C=CC(=N/C=C\C)C1=NC=CCC1. The monoisotopic (exact) mass is 174 g/mol. The molecule has 0 fully saturated rings. The summed E-state index contributed by atoms with van der Waals surface area (Å²) in [5.74, 6) is 0. The fraction of sp³-hybridized carbons (Fsp3) is 0.273. The van der Waals surface area contributed by atoms with Gasteiger partial charge in [0.1, 0.15) is 0 Å². The molecule has 0 unspecified atom stereocenters. The Morgan fingerprint density at radius 1 is 1.69 bits per heavy atom. The van der Waals surface area contributed by atoms with E-state index in [9.17, 15) is 0 Å². The second kappa shape index (κ2) is 5.25. The van der Waals surface area contributed by atoms with Gasteiger partial charge in [-0.15, -0.1) is 0 Å². The van der Waals surface area contributed by atoms with Crippen LogP contribution in [0.5, 0.6) is 0 Å². The van der Waals surface area contributed by atoms with Crippen molar-refractivity contribution in [1.82, 2.24) is 0 Å². The maximum atomic E-state index is 4.25. The van der Waals surface area contributed by atoms with Gasteiger partial charge >= 0.3 is 0 Å². The summed E-state index contributed by atoms with van der Waals surface area (Å²) in [6, 6.07) is 0. The van der Waals surface area contributed by atoms with Gasteiger partial charge in [0, 0.05) is 12.4 Å². The first-order valence-corrected chi connectivity index (χ1v) is 4.42. The third-order valence-corrected chi connectivity index (χ3v) is 1.74. The van der Waals surface area contributed by atoms with Gasteiger partial charge < -0.3 is 0 Å². The Bertz CT molecular complexity index is 293. The molecule has 0 atom stereocenters. The van der Waals surface area contributed by atoms with Gasteiger partial charge in [-0.3, -0.25) is 9.98 Å². The van der Waals surface area contributed by atoms with Crippen molar-refractivity contribution in [2.75, 3.05) is 0 Å². The number of hydrogen-bond acceptors (Lipinski definition) is 2. The summed E-state index contributed by atoms with van der Waals surface area (Å²) in [5.41, 5.74) is 1.90. The Morgan fingerprint density at radius 2 is 2.54 bits per heavy atom. The van der Waals surface area contributed by atoms with Crippen LogP contribution < -0.4 is 0 Å². The van der Waals surface area contributed by atoms with Crippen molar-refractivity contribution in [2.45, 2.75) is 19.8 Å². The third-order valence-electron chi connectivity index (χ3n) is 1.74. The Balaban J connectivity index is 2.82. The molecule has 2 heteroatoms. The van der Waals surface area contributed by atoms with Crippen LogP contribution in [0.3, 0.4) is 0 Å². The minimum absolute atomic E-state index is 0.877. The van der Waals surface area contributed by atoms with Gasteiger partial charge in [0.25, 0.3) is 0 Å². The van der Waals surface area contributed by atoms with Gasteiger partial charge in [-0.25, -0.2) is 0 Å². The standard InChI is InChI=1S/C11H14N2/c1-3-8-12-10(4-2)11-7-5-6-9-13-11/h3-4,6,8-9H,2,5,7H2,1H3/b8-3-,12-10?. The number of rotatable bonds is 3. The predicted octanol–water partition coefficient (Wildman–Crippen LogP) is 2.90. The number of nitrogens with zero attached hydrogens (tertiary/aromatic N) is 2. The molecule has 0 aromatic heterocycles. The summed E-state index contributed by atoms with van der Waals surface area (Å²) in [7, 11) is 0. The predicted molar refractivity (Wildman–Crippen MR) is 58.3 cm³/mol. The van der Waals surface area contributed by atoms with E-state index >= 15 is 0 Å². The van der Waals surface area contributed by atoms with Crippen molar-refractivity contribution in [3.8, 4) is 0 Å². The van der Waals surface area contributed by atoms with Crippen LogP contribution in [0.4, 0.5) is 0 Å². The average Bonchev–Trinajstić information content (AvgIpc) is 2.21. The van der Waals surface area contributed by atoms with Crippen LogP contribution in [0.15, 0.2) is 47.2 Å². The van der Waals surface area contributed by atoms with E-state index in [1.165, 1.54) is 0 Å². The molecule has 0 saturated heterocycles. The zero-order chi connectivity index (χ0) is 9.52. The number of hydrogen-bond donors (Lipinski definition) is 0. The van der Waals surface area contributed by atoms with Gasteiger partial charge in [-0.05, 0) is 25.8 Å². The minimum atomic E-state index is 0.877. The lowest BCUT2D eigenvalue weighted by molar-refractivity contribution is 1.07. The molecule has 0 bridgehead atoms. The summed E-state index contributed by atoms with van der Waals surface area (Å²) >= 11 is 0. The van der Waals surface area contributed by atoms with Crippen LogP contribution in [-0.2, 0) is 0 Å². The van der Waals surface area contributed by atoms with Crippen LogP contribution in [0, 0.1) is 0 Å². The highest BCUT2D eigenvalue weighted by Gasteiger charge is 2.05. The first-order valence-electron chi connectivity index (χ1n) is 4.42. The largest absolute Gasteiger partial charge is 0.259 e. The van der Waals surface area contributed by atoms with Crippen LogP contribution in [0.25, 0.3) is 0 Å². The van der Waals surface area contributed by atoms with Crippen molar-refractivity contribution >= 4 is 11.4 Å². The minimum Gasteiger partial charge on any atom is -0.259 e. The van der Waals surface area contributed by atoms with Crippen LogP contribution >= 0.6 is 0 Å². The van der Waals surface area contributed by atoms with E-state index < -0.39 is 0 Å². The summed E-state index contributed by atoms with van der Waals surface area (Å²) in [6.07, 6.45) is 11.3. The van der Waals surface area contributed by atoms with Crippen molar-refractivity contribution < 1.29 is 0 Å². The van der Waals surface area contributed by atoms with E-state index in [-0.39, 0.29) is 0 Å². The quantitative estimate of drug-likeness (QED) is 0.588. The average molecular weight is 174 g/mol. The molecular formula is C11H14N2. The molecule has 1 heterocycles. The highest BCUT2D eigenvalue weighted by Crippen LogP contribution is 2.05. The Morgan fingerprint density at radius 3 is 3.08 bits per heavy atom. The summed E-state index contributed by atoms with van der Waals surface area (Å²) in [4.78, 5) is 8.49. The highest BCUT2D eigenvalue weighted by atomic mass is 14.8. The molecule has 0 spiro atoms. The second-order valence-corrected chi connectivity index (χ2v) is 2.70. The molecule has 1 rings (SSSR count). The molecular weight excluding hydrogens is 160 g/mol. The van der Waals surface area contributed by atoms with Gasteiger partial charge in [-0.1, -0.05) is 18.7 Å². The zero-order valence-corrected chi connectivity index (χ0v) is 7.90. The Labute approximate surface area is 79.1 Å². The topological polar surface area (TPSA) is 24.7 Å². The molecule has 0 aliphatic carbocycles. The van der Waals surface area contributed by atoms with E-state index in [4.69, 9.17) is 0 Å². The van der Waals surface area contributed by atoms with E-state index in [0.717, 1.165) is 24.3 Å². The van der Waals surface area contributed by atoms with Crippen molar-refractivity contribution in [3.05, 3.63) is 37.2 Å². The molecule has 1 aliphatic rings. The van der Waals surface area contributed by atoms with Crippen LogP contribution in [-0.4, -0.2) is 11.4 Å². The van der Waals surface area contributed by atoms with Gasteiger partial charge in [0.05, 0.1) is 11.4 Å². The maximum Gasteiger partial charge on any atom is 0.0838 e. The lowest BCUT2D eigenvalue weighted by Gasteiger charge is -2.06. The molecule has 0 aromatic rings. The fourth-order valence-corrected chi connectivity index (χ4v) is 1.10. The molecule has 13 heavy (non-hydrogen) atoms. The summed E-state index contributed by atoms with van der Waals surface area (Å²) < 4.78 is 0. The summed E-state index contributed by atoms with van der Waals surface area (Å²) in [6.45, 7) is 5.66. The van der Waals surface area contributed by atoms with Gasteiger partial charge in [-0.2, -0.15) is 0 Å². The lowest BCUT2D eigenvalue weighted by atomic mass is 10.1. The first kappa shape index (κ1) is 9.65. The molecule has 0 aromatic carbocycles. The van der Waals surface area contributed by atoms with E-state index in [1.807, 2.05) is 19.2 Å². The number of aliphatic imine (C=N–C) groups is 2. The molecule has 0 saturated carbocycles. The normalized spacial score (nSPS) is 17.6. The van der Waals surface area contributed by atoms with E-state index in [1.54, 1.807) is 12.3 Å². The van der Waals surface area contributed by atoms with Crippen LogP contribution in [0.1, 0.15) is 19.8 Å². The highest BCUT2D eigenvalue weighted by molar-refractivity contribution is 6.46. The molecule has 1 aliphatic heterocycles. The smallest absolute Gasteiger partial charge is 0.0838 e. The first-order chi connectivity index (χ1) is 6.38. The zero-order valence-electron chi connectivity index (χ0n) is 7.90. The number of allylic oxidation sites excluding steroid dienone is 3. The van der Waals surface area contributed by atoms with Crippen LogP contribution in [0.2, 0.25) is 0 Å². The Kier molecular flexibility index (Phi) is 3.89. The Hall–Kier alpha value is -1.44. The molecule has 0 amide bonds. The van der Waals surface area contributed by atoms with Gasteiger partial charge in [0.2, 0.25) is 0 Å². The lowest BCUT2D eigenvalue weighted by Crippen LogP contribution is -2.12. The molecule has 68 valence electrons. The molecule has 0 radical (unpaired) electrons. The van der Waals surface area contributed by atoms with Crippen molar-refractivity contribution in [2.24, 2.45) is 9.98 Å². The second-order valence-electron chi connectivity index (χ2n) is 2.70. The van der Waals surface area contributed by atoms with E-state index in [2.05, 4.69) is 22.6 Å².